The Kier molecular flexibility index (Phi) is 9.03. The van der Waals surface area contributed by atoms with Crippen LogP contribution in [0.15, 0.2) is 97.1 Å². The van der Waals surface area contributed by atoms with Crippen molar-refractivity contribution >= 4 is 34.9 Å². The van der Waals surface area contributed by atoms with Crippen LogP contribution in [0.2, 0.25) is 5.02 Å². The minimum atomic E-state index is -4.43. The van der Waals surface area contributed by atoms with E-state index < -0.39 is 17.8 Å². The van der Waals surface area contributed by atoms with Crippen LogP contribution < -0.4 is 10.2 Å². The lowest BCUT2D eigenvalue weighted by atomic mass is 9.98. The first-order valence-corrected chi connectivity index (χ1v) is 14.0. The number of amides is 1. The van der Waals surface area contributed by atoms with E-state index in [1.54, 1.807) is 36.4 Å². The van der Waals surface area contributed by atoms with Crippen LogP contribution in [0.25, 0.3) is 11.1 Å². The normalized spacial score (nSPS) is 14.7. The summed E-state index contributed by atoms with van der Waals surface area (Å²) in [6.45, 7) is 2.62. The molecule has 0 radical (unpaired) electrons. The van der Waals surface area contributed by atoms with E-state index in [-0.39, 0.29) is 11.9 Å². The monoisotopic (exact) mass is 607 g/mol. The maximum Gasteiger partial charge on any atom is 0.416 e. The molecule has 0 spiro atoms. The molecular weight excluding hydrogens is 579 g/mol. The molecule has 1 aliphatic rings. The van der Waals surface area contributed by atoms with Crippen LogP contribution in [0.5, 0.6) is 0 Å². The average molecular weight is 608 g/mol. The van der Waals surface area contributed by atoms with Crippen LogP contribution in [-0.2, 0) is 15.7 Å². The number of anilines is 2. The van der Waals surface area contributed by atoms with E-state index in [4.69, 9.17) is 16.3 Å². The molecule has 1 unspecified atom stereocenters. The first-order chi connectivity index (χ1) is 20.6. The molecule has 10 heteroatoms. The third kappa shape index (κ3) is 7.01. The van der Waals surface area contributed by atoms with Crippen LogP contribution in [0, 0.1) is 0 Å². The molecule has 4 aromatic rings. The largest absolute Gasteiger partial charge is 0.468 e. The molecule has 1 atom stereocenters. The molecule has 4 aromatic carbocycles. The van der Waals surface area contributed by atoms with Gasteiger partial charge in [-0.1, -0.05) is 54.1 Å². The highest BCUT2D eigenvalue weighted by Crippen LogP contribution is 2.32. The smallest absolute Gasteiger partial charge is 0.416 e. The number of benzene rings is 4. The second-order valence-electron chi connectivity index (χ2n) is 10.1. The van der Waals surface area contributed by atoms with Crippen LogP contribution in [0.3, 0.4) is 0 Å². The zero-order chi connectivity index (χ0) is 30.6. The van der Waals surface area contributed by atoms with Crippen LogP contribution in [0.1, 0.15) is 27.5 Å². The topological polar surface area (TPSA) is 61.9 Å². The SMILES string of the molecule is COC(=O)C(c1cccc(Cl)c1)N1CCN(c2ccc(NC(=O)c3ccccc3-c3ccc(C(F)(F)F)cc3)cc2)CC1. The van der Waals surface area contributed by atoms with Crippen molar-refractivity contribution in [1.29, 1.82) is 0 Å². The molecule has 0 bridgehead atoms. The predicted octanol–water partition coefficient (Wildman–Crippen LogP) is 7.31. The van der Waals surface area contributed by atoms with Gasteiger partial charge in [-0.15, -0.1) is 0 Å². The van der Waals surface area contributed by atoms with Gasteiger partial charge in [-0.25, -0.2) is 4.79 Å². The third-order valence-corrected chi connectivity index (χ3v) is 7.69. The molecule has 5 rings (SSSR count). The molecular formula is C33H29ClF3N3O3. The van der Waals surface area contributed by atoms with Crippen molar-refractivity contribution in [2.45, 2.75) is 12.2 Å². The Bertz CT molecular complexity index is 1590. The molecule has 222 valence electrons. The molecule has 1 saturated heterocycles. The van der Waals surface area contributed by atoms with Gasteiger partial charge in [0.05, 0.1) is 12.7 Å². The lowest BCUT2D eigenvalue weighted by Crippen LogP contribution is -2.49. The van der Waals surface area contributed by atoms with Crippen LogP contribution >= 0.6 is 11.6 Å². The number of carbonyl (C=O) groups excluding carboxylic acids is 2. The van der Waals surface area contributed by atoms with Crippen molar-refractivity contribution in [3.8, 4) is 11.1 Å². The number of nitrogens with zero attached hydrogens (tertiary/aromatic N) is 2. The summed E-state index contributed by atoms with van der Waals surface area (Å²) in [4.78, 5) is 30.1. The molecule has 1 N–H and O–H groups in total. The predicted molar refractivity (Wildman–Crippen MR) is 161 cm³/mol. The van der Waals surface area contributed by atoms with Gasteiger partial charge in [-0.2, -0.15) is 13.2 Å². The van der Waals surface area contributed by atoms with E-state index in [9.17, 15) is 22.8 Å². The molecule has 1 heterocycles. The summed E-state index contributed by atoms with van der Waals surface area (Å²) in [6, 6.07) is 25.7. The quantitative estimate of drug-likeness (QED) is 0.223. The molecule has 43 heavy (non-hydrogen) atoms. The minimum Gasteiger partial charge on any atom is -0.468 e. The van der Waals surface area contributed by atoms with Gasteiger partial charge in [0.1, 0.15) is 6.04 Å². The Hall–Kier alpha value is -4.34. The fourth-order valence-electron chi connectivity index (χ4n) is 5.25. The van der Waals surface area contributed by atoms with E-state index in [2.05, 4.69) is 15.1 Å². The summed E-state index contributed by atoms with van der Waals surface area (Å²) >= 11 is 6.17. The first kappa shape index (κ1) is 30.1. The Balaban J connectivity index is 1.23. The molecule has 1 fully saturated rings. The summed E-state index contributed by atoms with van der Waals surface area (Å²) in [5, 5.41) is 3.45. The van der Waals surface area contributed by atoms with Crippen molar-refractivity contribution in [2.24, 2.45) is 0 Å². The number of piperazine rings is 1. The van der Waals surface area contributed by atoms with E-state index in [1.165, 1.54) is 19.2 Å². The standard InChI is InChI=1S/C33H29ClF3N3O3/c1-43-32(42)30(23-5-4-6-25(34)21-23)40-19-17-39(18-20-40)27-15-13-26(14-16-27)38-31(41)29-8-3-2-7-28(29)22-9-11-24(12-10-22)33(35,36)37/h2-16,21,30H,17-20H2,1H3,(H,38,41). The second-order valence-corrected chi connectivity index (χ2v) is 10.6. The molecule has 0 saturated carbocycles. The third-order valence-electron chi connectivity index (χ3n) is 7.45. The van der Waals surface area contributed by atoms with Gasteiger partial charge in [-0.3, -0.25) is 9.69 Å². The number of ether oxygens (including phenoxy) is 1. The molecule has 6 nitrogen and oxygen atoms in total. The van der Waals surface area contributed by atoms with Gasteiger partial charge in [0.15, 0.2) is 0 Å². The van der Waals surface area contributed by atoms with E-state index in [0.717, 1.165) is 23.4 Å². The first-order valence-electron chi connectivity index (χ1n) is 13.6. The molecule has 1 aliphatic heterocycles. The number of hydrogen-bond acceptors (Lipinski definition) is 5. The van der Waals surface area contributed by atoms with E-state index in [1.807, 2.05) is 36.4 Å². The fourth-order valence-corrected chi connectivity index (χ4v) is 5.45. The zero-order valence-corrected chi connectivity index (χ0v) is 24.0. The number of alkyl halides is 3. The van der Waals surface area contributed by atoms with Crippen molar-refractivity contribution in [3.05, 3.63) is 119 Å². The van der Waals surface area contributed by atoms with Gasteiger partial charge < -0.3 is 15.0 Å². The molecule has 1 amide bonds. The van der Waals surface area contributed by atoms with Crippen molar-refractivity contribution in [3.63, 3.8) is 0 Å². The van der Waals surface area contributed by atoms with Gasteiger partial charge in [-0.05, 0) is 71.3 Å². The van der Waals surface area contributed by atoms with Crippen LogP contribution in [-0.4, -0.2) is 50.1 Å². The Labute approximate surface area is 252 Å². The van der Waals surface area contributed by atoms with E-state index >= 15 is 0 Å². The lowest BCUT2D eigenvalue weighted by molar-refractivity contribution is -0.147. The summed E-state index contributed by atoms with van der Waals surface area (Å²) in [6.07, 6.45) is -4.43. The highest BCUT2D eigenvalue weighted by atomic mass is 35.5. The molecule has 0 aromatic heterocycles. The number of methoxy groups -OCH3 is 1. The Morgan fingerprint density at radius 2 is 1.53 bits per heavy atom. The number of esters is 1. The Morgan fingerprint density at radius 1 is 0.860 bits per heavy atom. The number of hydrogen-bond donors (Lipinski definition) is 1. The maximum atomic E-state index is 13.2. The highest BCUT2D eigenvalue weighted by Gasteiger charge is 2.32. The average Bonchev–Trinajstić information content (AvgIpc) is 3.01. The minimum absolute atomic E-state index is 0.337. The summed E-state index contributed by atoms with van der Waals surface area (Å²) in [5.74, 6) is -0.706. The van der Waals surface area contributed by atoms with Crippen molar-refractivity contribution in [1.82, 2.24) is 4.90 Å². The second kappa shape index (κ2) is 12.9. The van der Waals surface area contributed by atoms with E-state index in [0.29, 0.717) is 53.6 Å². The highest BCUT2D eigenvalue weighted by molar-refractivity contribution is 6.30. The molecule has 0 aliphatic carbocycles. The van der Waals surface area contributed by atoms with Crippen molar-refractivity contribution in [2.75, 3.05) is 43.5 Å². The summed E-state index contributed by atoms with van der Waals surface area (Å²) < 4.78 is 44.1. The fraction of sp³-hybridized carbons (Fsp3) is 0.212. The summed E-state index contributed by atoms with van der Waals surface area (Å²) in [5.41, 5.74) is 2.99. The van der Waals surface area contributed by atoms with Crippen LogP contribution in [0.4, 0.5) is 24.5 Å². The lowest BCUT2D eigenvalue weighted by Gasteiger charge is -2.39. The van der Waals surface area contributed by atoms with Gasteiger partial charge in [0.25, 0.3) is 5.91 Å². The zero-order valence-electron chi connectivity index (χ0n) is 23.3. The number of halogens is 4. The maximum absolute atomic E-state index is 13.2. The van der Waals surface area contributed by atoms with Gasteiger partial charge >= 0.3 is 12.1 Å². The number of rotatable bonds is 7. The summed E-state index contributed by atoms with van der Waals surface area (Å²) in [7, 11) is 1.38. The van der Waals surface area contributed by atoms with Gasteiger partial charge in [0, 0.05) is 48.1 Å². The van der Waals surface area contributed by atoms with Gasteiger partial charge in [0.2, 0.25) is 0 Å². The number of carbonyl (C=O) groups is 2. The Morgan fingerprint density at radius 3 is 2.16 bits per heavy atom. The number of nitrogens with one attached hydrogen (secondary N) is 1. The van der Waals surface area contributed by atoms with Crippen molar-refractivity contribution < 1.29 is 27.5 Å².